The zero-order valence-electron chi connectivity index (χ0n) is 12.3. The highest BCUT2D eigenvalue weighted by Gasteiger charge is 2.20. The van der Waals surface area contributed by atoms with Crippen LogP contribution in [0.3, 0.4) is 0 Å². The van der Waals surface area contributed by atoms with Crippen LogP contribution >= 0.6 is 11.6 Å². The van der Waals surface area contributed by atoms with Gasteiger partial charge in [-0.1, -0.05) is 23.7 Å². The monoisotopic (exact) mass is 335 g/mol. The van der Waals surface area contributed by atoms with Crippen LogP contribution in [0.25, 0.3) is 0 Å². The molecule has 0 aliphatic rings. The molecule has 0 saturated heterocycles. The van der Waals surface area contributed by atoms with Crippen LogP contribution in [0.1, 0.15) is 16.1 Å². The predicted octanol–water partition coefficient (Wildman–Crippen LogP) is 1.16. The van der Waals surface area contributed by atoms with Gasteiger partial charge in [0.2, 0.25) is 0 Å². The number of hydrogen-bond acceptors (Lipinski definition) is 4. The molecule has 0 aliphatic carbocycles. The third kappa shape index (κ3) is 4.40. The van der Waals surface area contributed by atoms with Crippen LogP contribution in [0, 0.1) is 0 Å². The Labute approximate surface area is 136 Å². The number of rotatable bonds is 5. The molecule has 1 heterocycles. The van der Waals surface area contributed by atoms with E-state index >= 15 is 0 Å². The Morgan fingerprint density at radius 3 is 2.43 bits per heavy atom. The molecule has 0 fully saturated rings. The molecule has 1 N–H and O–H groups in total. The number of carboxylic acid groups (broad SMARTS) is 1. The number of aryl methyl sites for hydroxylation is 1. The largest absolute Gasteiger partial charge is 0.480 e. The minimum atomic E-state index is -1.14. The van der Waals surface area contributed by atoms with Crippen molar-refractivity contribution in [3.8, 4) is 0 Å². The average molecular weight is 336 g/mol. The molecule has 1 aromatic carbocycles. The first kappa shape index (κ1) is 16.7. The molecule has 23 heavy (non-hydrogen) atoms. The van der Waals surface area contributed by atoms with Gasteiger partial charge in [-0.2, -0.15) is 5.10 Å². The fourth-order valence-corrected chi connectivity index (χ4v) is 2.08. The smallest absolute Gasteiger partial charge is 0.323 e. The van der Waals surface area contributed by atoms with Crippen LogP contribution in [-0.2, 0) is 18.4 Å². The number of nitrogens with zero attached hydrogens (tertiary/aromatic N) is 3. The molecule has 0 aliphatic heterocycles. The number of carbonyl (C=O) groups is 2. The van der Waals surface area contributed by atoms with Gasteiger partial charge in [0.15, 0.2) is 0 Å². The summed E-state index contributed by atoms with van der Waals surface area (Å²) in [5.41, 5.74) is 0.375. The lowest BCUT2D eigenvalue weighted by Crippen LogP contribution is -2.36. The van der Waals surface area contributed by atoms with E-state index in [1.807, 2.05) is 0 Å². The summed E-state index contributed by atoms with van der Waals surface area (Å²) < 4.78 is 1.02. The highest BCUT2D eigenvalue weighted by Crippen LogP contribution is 2.12. The lowest BCUT2D eigenvalue weighted by Gasteiger charge is -2.20. The Bertz CT molecular complexity index is 786. The third-order valence-corrected chi connectivity index (χ3v) is 3.33. The lowest BCUT2D eigenvalue weighted by atomic mass is 10.2. The summed E-state index contributed by atoms with van der Waals surface area (Å²) in [6, 6.07) is 9.22. The zero-order chi connectivity index (χ0) is 17.0. The van der Waals surface area contributed by atoms with Gasteiger partial charge in [-0.05, 0) is 23.8 Å². The minimum absolute atomic E-state index is 0.00214. The fourth-order valence-electron chi connectivity index (χ4n) is 1.95. The Morgan fingerprint density at radius 2 is 1.87 bits per heavy atom. The molecule has 0 unspecified atom stereocenters. The van der Waals surface area contributed by atoms with E-state index in [9.17, 15) is 14.4 Å². The second kappa shape index (κ2) is 7.06. The van der Waals surface area contributed by atoms with Crippen molar-refractivity contribution in [2.24, 2.45) is 7.05 Å². The van der Waals surface area contributed by atoms with E-state index in [2.05, 4.69) is 5.10 Å². The van der Waals surface area contributed by atoms with E-state index in [1.54, 1.807) is 24.3 Å². The topological polar surface area (TPSA) is 92.5 Å². The maximum atomic E-state index is 12.5. The predicted molar refractivity (Wildman–Crippen MR) is 83.3 cm³/mol. The highest BCUT2D eigenvalue weighted by molar-refractivity contribution is 6.30. The molecule has 7 nitrogen and oxygen atoms in total. The second-order valence-corrected chi connectivity index (χ2v) is 5.30. The second-order valence-electron chi connectivity index (χ2n) is 4.86. The molecule has 8 heteroatoms. The first-order valence-corrected chi connectivity index (χ1v) is 7.04. The van der Waals surface area contributed by atoms with Crippen molar-refractivity contribution in [1.82, 2.24) is 14.7 Å². The van der Waals surface area contributed by atoms with Crippen LogP contribution in [-0.4, -0.2) is 38.2 Å². The zero-order valence-corrected chi connectivity index (χ0v) is 13.0. The van der Waals surface area contributed by atoms with Crippen LogP contribution < -0.4 is 5.56 Å². The number of aliphatic carboxylic acids is 1. The van der Waals surface area contributed by atoms with Crippen molar-refractivity contribution in [1.29, 1.82) is 0 Å². The number of halogens is 1. The average Bonchev–Trinajstić information content (AvgIpc) is 2.50. The molecule has 2 aromatic rings. The number of benzene rings is 1. The van der Waals surface area contributed by atoms with E-state index < -0.39 is 18.4 Å². The molecular formula is C15H14ClN3O4. The molecule has 2 rings (SSSR count). The Hall–Kier alpha value is -2.67. The first-order valence-electron chi connectivity index (χ1n) is 6.66. The molecule has 1 aromatic heterocycles. The number of aromatic nitrogens is 2. The summed E-state index contributed by atoms with van der Waals surface area (Å²) in [4.78, 5) is 36.0. The van der Waals surface area contributed by atoms with Crippen LogP contribution in [0.2, 0.25) is 5.02 Å². The molecular weight excluding hydrogens is 322 g/mol. The van der Waals surface area contributed by atoms with Gasteiger partial charge in [-0.25, -0.2) is 4.68 Å². The van der Waals surface area contributed by atoms with Crippen molar-refractivity contribution >= 4 is 23.5 Å². The SMILES string of the molecule is Cn1nc(C(=O)N(CC(=O)O)Cc2ccc(Cl)cc2)ccc1=O. The van der Waals surface area contributed by atoms with Gasteiger partial charge in [-0.15, -0.1) is 0 Å². The van der Waals surface area contributed by atoms with E-state index in [-0.39, 0.29) is 17.8 Å². The van der Waals surface area contributed by atoms with Gasteiger partial charge in [0.1, 0.15) is 12.2 Å². The number of carbonyl (C=O) groups excluding carboxylic acids is 1. The van der Waals surface area contributed by atoms with Crippen molar-refractivity contribution in [3.05, 3.63) is 63.0 Å². The van der Waals surface area contributed by atoms with Gasteiger partial charge >= 0.3 is 5.97 Å². The first-order chi connectivity index (χ1) is 10.9. The maximum Gasteiger partial charge on any atom is 0.323 e. The summed E-state index contributed by atoms with van der Waals surface area (Å²) >= 11 is 5.81. The Morgan fingerprint density at radius 1 is 1.22 bits per heavy atom. The molecule has 0 saturated carbocycles. The highest BCUT2D eigenvalue weighted by atomic mass is 35.5. The number of hydrogen-bond donors (Lipinski definition) is 1. The van der Waals surface area contributed by atoms with Gasteiger partial charge < -0.3 is 10.0 Å². The Kier molecular flexibility index (Phi) is 5.13. The van der Waals surface area contributed by atoms with Gasteiger partial charge in [0.05, 0.1) is 0 Å². The molecule has 0 atom stereocenters. The number of carboxylic acids is 1. The molecule has 0 spiro atoms. The van der Waals surface area contributed by atoms with E-state index in [0.717, 1.165) is 15.1 Å². The summed E-state index contributed by atoms with van der Waals surface area (Å²) in [6.45, 7) is -0.390. The van der Waals surface area contributed by atoms with Crippen LogP contribution in [0.15, 0.2) is 41.2 Å². The van der Waals surface area contributed by atoms with Crippen molar-refractivity contribution in [3.63, 3.8) is 0 Å². The van der Waals surface area contributed by atoms with E-state index in [4.69, 9.17) is 16.7 Å². The third-order valence-electron chi connectivity index (χ3n) is 3.08. The maximum absolute atomic E-state index is 12.5. The van der Waals surface area contributed by atoms with Crippen molar-refractivity contribution < 1.29 is 14.7 Å². The summed E-state index contributed by atoms with van der Waals surface area (Å²) in [7, 11) is 1.42. The summed E-state index contributed by atoms with van der Waals surface area (Å²) in [5, 5.41) is 13.4. The molecule has 0 radical (unpaired) electrons. The molecule has 1 amide bonds. The van der Waals surface area contributed by atoms with E-state index in [0.29, 0.717) is 5.02 Å². The Balaban J connectivity index is 2.27. The van der Waals surface area contributed by atoms with Gasteiger partial charge in [-0.3, -0.25) is 14.4 Å². The van der Waals surface area contributed by atoms with Gasteiger partial charge in [0, 0.05) is 24.7 Å². The standard InChI is InChI=1S/C15H14ClN3O4/c1-18-13(20)7-6-12(17-18)15(23)19(9-14(21)22)8-10-2-4-11(16)5-3-10/h2-7H,8-9H2,1H3,(H,21,22). The quantitative estimate of drug-likeness (QED) is 0.885. The molecule has 0 bridgehead atoms. The van der Waals surface area contributed by atoms with Crippen molar-refractivity contribution in [2.75, 3.05) is 6.54 Å². The number of amides is 1. The summed E-state index contributed by atoms with van der Waals surface area (Å²) in [6.07, 6.45) is 0. The van der Waals surface area contributed by atoms with Crippen molar-refractivity contribution in [2.45, 2.75) is 6.54 Å². The van der Waals surface area contributed by atoms with E-state index in [1.165, 1.54) is 19.2 Å². The fraction of sp³-hybridized carbons (Fsp3) is 0.200. The minimum Gasteiger partial charge on any atom is -0.480 e. The molecule has 120 valence electrons. The lowest BCUT2D eigenvalue weighted by molar-refractivity contribution is -0.137. The summed E-state index contributed by atoms with van der Waals surface area (Å²) in [5.74, 6) is -1.71. The normalized spacial score (nSPS) is 10.3. The van der Waals surface area contributed by atoms with Crippen LogP contribution in [0.5, 0.6) is 0 Å². The van der Waals surface area contributed by atoms with Crippen LogP contribution in [0.4, 0.5) is 0 Å². The van der Waals surface area contributed by atoms with Gasteiger partial charge in [0.25, 0.3) is 11.5 Å².